The molecular weight excluding hydrogens is 236 g/mol. The quantitative estimate of drug-likeness (QED) is 0.607. The molecular formula is C12H24N2O2S. The van der Waals surface area contributed by atoms with Crippen LogP contribution >= 0.6 is 11.8 Å². The van der Waals surface area contributed by atoms with Crippen LogP contribution in [-0.4, -0.2) is 42.7 Å². The number of nitrogens with two attached hydrogens (primary N) is 1. The van der Waals surface area contributed by atoms with Gasteiger partial charge in [-0.3, -0.25) is 4.79 Å². The monoisotopic (exact) mass is 260 g/mol. The van der Waals surface area contributed by atoms with Crippen LogP contribution in [-0.2, 0) is 9.53 Å². The predicted molar refractivity (Wildman–Crippen MR) is 72.1 cm³/mol. The summed E-state index contributed by atoms with van der Waals surface area (Å²) in [5.74, 6) is 1.85. The highest BCUT2D eigenvalue weighted by Crippen LogP contribution is 2.41. The molecule has 0 spiro atoms. The number of ether oxygens (including phenoxy) is 1. The molecule has 4 nitrogen and oxygen atoms in total. The Morgan fingerprint density at radius 3 is 2.65 bits per heavy atom. The molecule has 0 aliphatic heterocycles. The molecule has 0 aromatic heterocycles. The minimum absolute atomic E-state index is 0.210. The second-order valence-corrected chi connectivity index (χ2v) is 6.06. The topological polar surface area (TPSA) is 64.3 Å². The average molecular weight is 260 g/mol. The Balaban J connectivity index is 2.59. The second kappa shape index (κ2) is 6.61. The predicted octanol–water partition coefficient (Wildman–Crippen LogP) is 0.998. The van der Waals surface area contributed by atoms with Crippen LogP contribution in [0.15, 0.2) is 0 Å². The van der Waals surface area contributed by atoms with Crippen molar-refractivity contribution in [3.8, 4) is 0 Å². The second-order valence-electron chi connectivity index (χ2n) is 4.95. The molecule has 0 aromatic rings. The van der Waals surface area contributed by atoms with Crippen molar-refractivity contribution < 1.29 is 9.53 Å². The van der Waals surface area contributed by atoms with Crippen LogP contribution in [0.5, 0.6) is 0 Å². The Hall–Kier alpha value is -0.260. The van der Waals surface area contributed by atoms with Crippen LogP contribution in [0, 0.1) is 5.92 Å². The number of hydrogen-bond donors (Lipinski definition) is 2. The number of nitrogens with one attached hydrogen (secondary N) is 1. The van der Waals surface area contributed by atoms with Crippen LogP contribution < -0.4 is 11.1 Å². The molecule has 1 rings (SSSR count). The van der Waals surface area contributed by atoms with Crippen molar-refractivity contribution in [2.45, 2.75) is 38.3 Å². The number of thioether (sulfide) groups is 1. The first kappa shape index (κ1) is 14.8. The van der Waals surface area contributed by atoms with Gasteiger partial charge in [0.25, 0.3) is 0 Å². The van der Waals surface area contributed by atoms with Gasteiger partial charge >= 0.3 is 0 Å². The highest BCUT2D eigenvalue weighted by atomic mass is 32.2. The number of methoxy groups -OCH3 is 1. The van der Waals surface area contributed by atoms with Crippen molar-refractivity contribution in [3.63, 3.8) is 0 Å². The molecule has 1 saturated carbocycles. The van der Waals surface area contributed by atoms with Crippen LogP contribution in [0.1, 0.15) is 26.7 Å². The Bertz CT molecular complexity index is 257. The SMILES string of the molecule is COCCSCC(NC(C)C)(C(N)=O)C1CC1. The van der Waals surface area contributed by atoms with Crippen molar-refractivity contribution in [1.29, 1.82) is 0 Å². The largest absolute Gasteiger partial charge is 0.384 e. The maximum atomic E-state index is 11.8. The van der Waals surface area contributed by atoms with E-state index in [4.69, 9.17) is 10.5 Å². The highest BCUT2D eigenvalue weighted by Gasteiger charge is 2.49. The first-order valence-corrected chi connectivity index (χ1v) is 7.32. The molecule has 3 N–H and O–H groups in total. The Morgan fingerprint density at radius 1 is 1.59 bits per heavy atom. The minimum Gasteiger partial charge on any atom is -0.384 e. The summed E-state index contributed by atoms with van der Waals surface area (Å²) in [6.45, 7) is 4.83. The Kier molecular flexibility index (Phi) is 5.76. The van der Waals surface area contributed by atoms with E-state index in [0.29, 0.717) is 12.5 Å². The summed E-state index contributed by atoms with van der Waals surface area (Å²) in [7, 11) is 1.69. The highest BCUT2D eigenvalue weighted by molar-refractivity contribution is 7.99. The molecule has 0 saturated heterocycles. The van der Waals surface area contributed by atoms with Gasteiger partial charge in [-0.2, -0.15) is 11.8 Å². The Morgan fingerprint density at radius 2 is 2.24 bits per heavy atom. The van der Waals surface area contributed by atoms with E-state index >= 15 is 0 Å². The number of rotatable bonds is 9. The normalized spacial score (nSPS) is 19.3. The molecule has 1 fully saturated rings. The molecule has 0 bridgehead atoms. The van der Waals surface area contributed by atoms with Crippen molar-refractivity contribution >= 4 is 17.7 Å². The average Bonchev–Trinajstić information content (AvgIpc) is 3.05. The number of amides is 1. The van der Waals surface area contributed by atoms with Gasteiger partial charge in [-0.1, -0.05) is 0 Å². The zero-order valence-electron chi connectivity index (χ0n) is 11.0. The summed E-state index contributed by atoms with van der Waals surface area (Å²) in [6, 6.07) is 0.270. The lowest BCUT2D eigenvalue weighted by molar-refractivity contribution is -0.124. The van der Waals surface area contributed by atoms with Gasteiger partial charge in [0.05, 0.1) is 6.61 Å². The Labute approximate surface area is 108 Å². The summed E-state index contributed by atoms with van der Waals surface area (Å²) in [5, 5.41) is 3.40. The van der Waals surface area contributed by atoms with E-state index in [1.165, 1.54) is 0 Å². The number of carbonyl (C=O) groups excluding carboxylic acids is 1. The fourth-order valence-corrected chi connectivity index (χ4v) is 3.30. The van der Waals surface area contributed by atoms with Gasteiger partial charge in [-0.15, -0.1) is 0 Å². The van der Waals surface area contributed by atoms with E-state index in [1.54, 1.807) is 18.9 Å². The summed E-state index contributed by atoms with van der Waals surface area (Å²) in [5.41, 5.74) is 5.11. The van der Waals surface area contributed by atoms with E-state index in [0.717, 1.165) is 24.3 Å². The van der Waals surface area contributed by atoms with Gasteiger partial charge in [-0.25, -0.2) is 0 Å². The maximum Gasteiger partial charge on any atom is 0.238 e. The molecule has 1 aliphatic carbocycles. The zero-order chi connectivity index (χ0) is 12.9. The van der Waals surface area contributed by atoms with Crippen LogP contribution in [0.2, 0.25) is 0 Å². The number of carbonyl (C=O) groups is 1. The van der Waals surface area contributed by atoms with Crippen LogP contribution in [0.25, 0.3) is 0 Å². The molecule has 0 radical (unpaired) electrons. The lowest BCUT2D eigenvalue weighted by atomic mass is 9.93. The van der Waals surface area contributed by atoms with Gasteiger partial charge in [0.1, 0.15) is 5.54 Å². The standard InChI is InChI=1S/C12H24N2O2S/c1-9(2)14-12(11(13)15,10-4-5-10)8-17-7-6-16-3/h9-10,14H,4-8H2,1-3H3,(H2,13,15). The van der Waals surface area contributed by atoms with E-state index in [9.17, 15) is 4.79 Å². The van der Waals surface area contributed by atoms with Crippen molar-refractivity contribution in [3.05, 3.63) is 0 Å². The third-order valence-corrected chi connectivity index (χ3v) is 4.14. The molecule has 17 heavy (non-hydrogen) atoms. The van der Waals surface area contributed by atoms with Crippen molar-refractivity contribution in [1.82, 2.24) is 5.32 Å². The number of hydrogen-bond acceptors (Lipinski definition) is 4. The third-order valence-electron chi connectivity index (χ3n) is 3.02. The summed E-state index contributed by atoms with van der Waals surface area (Å²) < 4.78 is 5.02. The molecule has 0 heterocycles. The maximum absolute atomic E-state index is 11.8. The molecule has 1 amide bonds. The fraction of sp³-hybridized carbons (Fsp3) is 0.917. The minimum atomic E-state index is -0.521. The van der Waals surface area contributed by atoms with Gasteiger partial charge < -0.3 is 15.8 Å². The van der Waals surface area contributed by atoms with E-state index in [1.807, 2.05) is 0 Å². The number of primary amides is 1. The molecule has 100 valence electrons. The molecule has 0 aromatic carbocycles. The zero-order valence-corrected chi connectivity index (χ0v) is 11.8. The molecule has 1 atom stereocenters. The van der Waals surface area contributed by atoms with E-state index in [2.05, 4.69) is 19.2 Å². The van der Waals surface area contributed by atoms with Crippen molar-refractivity contribution in [2.24, 2.45) is 11.7 Å². The van der Waals surface area contributed by atoms with E-state index < -0.39 is 5.54 Å². The van der Waals surface area contributed by atoms with Gasteiger partial charge in [0.15, 0.2) is 0 Å². The summed E-state index contributed by atoms with van der Waals surface area (Å²) >= 11 is 1.74. The molecule has 1 aliphatic rings. The summed E-state index contributed by atoms with van der Waals surface area (Å²) in [4.78, 5) is 11.8. The van der Waals surface area contributed by atoms with Gasteiger partial charge in [0.2, 0.25) is 5.91 Å². The third kappa shape index (κ3) is 4.16. The van der Waals surface area contributed by atoms with Crippen molar-refractivity contribution in [2.75, 3.05) is 25.2 Å². The van der Waals surface area contributed by atoms with Crippen LogP contribution in [0.4, 0.5) is 0 Å². The fourth-order valence-electron chi connectivity index (χ4n) is 2.09. The molecule has 5 heteroatoms. The van der Waals surface area contributed by atoms with Gasteiger partial charge in [-0.05, 0) is 32.6 Å². The van der Waals surface area contributed by atoms with Crippen LogP contribution in [0.3, 0.4) is 0 Å². The first-order chi connectivity index (χ1) is 8.03. The lowest BCUT2D eigenvalue weighted by Crippen LogP contribution is -2.61. The summed E-state index contributed by atoms with van der Waals surface area (Å²) in [6.07, 6.45) is 2.21. The first-order valence-electron chi connectivity index (χ1n) is 6.17. The van der Waals surface area contributed by atoms with E-state index in [-0.39, 0.29) is 11.9 Å². The molecule has 1 unspecified atom stereocenters. The lowest BCUT2D eigenvalue weighted by Gasteiger charge is -2.33. The van der Waals surface area contributed by atoms with Gasteiger partial charge in [0, 0.05) is 24.7 Å². The smallest absolute Gasteiger partial charge is 0.238 e.